The van der Waals surface area contributed by atoms with Crippen molar-refractivity contribution in [1.82, 2.24) is 5.32 Å². The maximum absolute atomic E-state index is 11.6. The van der Waals surface area contributed by atoms with Gasteiger partial charge in [0.15, 0.2) is 0 Å². The van der Waals surface area contributed by atoms with Gasteiger partial charge in [-0.25, -0.2) is 4.79 Å². The molecule has 4 heteroatoms. The first-order valence-corrected chi connectivity index (χ1v) is 5.16. The highest BCUT2D eigenvalue weighted by Crippen LogP contribution is 2.11. The van der Waals surface area contributed by atoms with Gasteiger partial charge >= 0.3 is 5.97 Å². The summed E-state index contributed by atoms with van der Waals surface area (Å²) in [5.41, 5.74) is 0. The van der Waals surface area contributed by atoms with Gasteiger partial charge in [-0.1, -0.05) is 13.8 Å². The Kier molecular flexibility index (Phi) is 3.92. The number of hydrogen-bond acceptors (Lipinski definition) is 3. The monoisotopic (exact) mass is 199 g/mol. The number of hydrogen-bond donors (Lipinski definition) is 1. The molecule has 1 N–H and O–H groups in total. The summed E-state index contributed by atoms with van der Waals surface area (Å²) < 4.78 is 4.76. The number of rotatable bonds is 4. The van der Waals surface area contributed by atoms with E-state index in [-0.39, 0.29) is 17.8 Å². The Labute approximate surface area is 84.0 Å². The second-order valence-electron chi connectivity index (χ2n) is 3.53. The number of ether oxygens (including phenoxy) is 1. The first kappa shape index (κ1) is 11.0. The summed E-state index contributed by atoms with van der Waals surface area (Å²) in [6.07, 6.45) is 2.22. The molecule has 14 heavy (non-hydrogen) atoms. The first-order chi connectivity index (χ1) is 6.69. The van der Waals surface area contributed by atoms with E-state index in [9.17, 15) is 9.59 Å². The van der Waals surface area contributed by atoms with Crippen molar-refractivity contribution in [2.45, 2.75) is 39.2 Å². The van der Waals surface area contributed by atoms with Gasteiger partial charge in [-0.15, -0.1) is 0 Å². The molecule has 1 aliphatic heterocycles. The molecule has 1 fully saturated rings. The second kappa shape index (κ2) is 4.98. The quantitative estimate of drug-likeness (QED) is 0.683. The van der Waals surface area contributed by atoms with Gasteiger partial charge in [0.05, 0.1) is 6.61 Å². The van der Waals surface area contributed by atoms with E-state index in [4.69, 9.17) is 4.74 Å². The normalized spacial score (nSPS) is 21.1. The minimum atomic E-state index is -0.414. The number of cyclic esters (lactones) is 1. The van der Waals surface area contributed by atoms with E-state index in [0.717, 1.165) is 12.8 Å². The molecule has 1 saturated heterocycles. The first-order valence-electron chi connectivity index (χ1n) is 5.16. The van der Waals surface area contributed by atoms with Crippen LogP contribution >= 0.6 is 0 Å². The molecule has 1 atom stereocenters. The van der Waals surface area contributed by atoms with Crippen LogP contribution in [0.5, 0.6) is 0 Å². The van der Waals surface area contributed by atoms with Gasteiger partial charge in [-0.2, -0.15) is 0 Å². The second-order valence-corrected chi connectivity index (χ2v) is 3.53. The zero-order valence-electron chi connectivity index (χ0n) is 8.71. The summed E-state index contributed by atoms with van der Waals surface area (Å²) in [7, 11) is 0. The van der Waals surface area contributed by atoms with Crippen molar-refractivity contribution in [3.8, 4) is 0 Å². The predicted molar refractivity (Wildman–Crippen MR) is 51.6 cm³/mol. The van der Waals surface area contributed by atoms with Gasteiger partial charge in [0.25, 0.3) is 0 Å². The molecule has 1 aliphatic rings. The number of nitrogens with one attached hydrogen (secondary N) is 1. The van der Waals surface area contributed by atoms with Gasteiger partial charge < -0.3 is 10.1 Å². The van der Waals surface area contributed by atoms with Crippen molar-refractivity contribution in [3.63, 3.8) is 0 Å². The molecule has 0 aliphatic carbocycles. The number of carbonyl (C=O) groups is 2. The molecule has 0 aromatic heterocycles. The van der Waals surface area contributed by atoms with Crippen LogP contribution in [0.2, 0.25) is 0 Å². The minimum absolute atomic E-state index is 0.0170. The van der Waals surface area contributed by atoms with E-state index < -0.39 is 6.04 Å². The largest absolute Gasteiger partial charge is 0.464 e. The van der Waals surface area contributed by atoms with Crippen LogP contribution in [-0.2, 0) is 14.3 Å². The van der Waals surface area contributed by atoms with Crippen molar-refractivity contribution < 1.29 is 14.3 Å². The van der Waals surface area contributed by atoms with Crippen LogP contribution in [0.3, 0.4) is 0 Å². The Morgan fingerprint density at radius 2 is 2.21 bits per heavy atom. The lowest BCUT2D eigenvalue weighted by atomic mass is 10.0. The Morgan fingerprint density at radius 1 is 1.57 bits per heavy atom. The highest BCUT2D eigenvalue weighted by atomic mass is 16.5. The van der Waals surface area contributed by atoms with Crippen LogP contribution in [0.25, 0.3) is 0 Å². The third kappa shape index (κ3) is 2.47. The van der Waals surface area contributed by atoms with Crippen LogP contribution < -0.4 is 5.32 Å². The highest BCUT2D eigenvalue weighted by molar-refractivity contribution is 5.86. The van der Waals surface area contributed by atoms with Crippen molar-refractivity contribution >= 4 is 11.9 Å². The molecule has 0 spiro atoms. The van der Waals surface area contributed by atoms with E-state index in [1.165, 1.54) is 0 Å². The summed E-state index contributed by atoms with van der Waals surface area (Å²) in [4.78, 5) is 22.7. The average molecular weight is 199 g/mol. The minimum Gasteiger partial charge on any atom is -0.464 e. The summed E-state index contributed by atoms with van der Waals surface area (Å²) in [5.74, 6) is -0.313. The molecule has 0 bridgehead atoms. The Hall–Kier alpha value is -1.06. The molecule has 80 valence electrons. The lowest BCUT2D eigenvalue weighted by molar-refractivity contribution is -0.141. The maximum Gasteiger partial charge on any atom is 0.328 e. The Balaban J connectivity index is 2.43. The van der Waals surface area contributed by atoms with Crippen molar-refractivity contribution in [3.05, 3.63) is 0 Å². The van der Waals surface area contributed by atoms with Gasteiger partial charge in [0.2, 0.25) is 5.91 Å². The molecule has 0 saturated carbocycles. The van der Waals surface area contributed by atoms with Crippen LogP contribution in [0.1, 0.15) is 33.1 Å². The van der Waals surface area contributed by atoms with Crippen LogP contribution in [0, 0.1) is 5.92 Å². The van der Waals surface area contributed by atoms with E-state index in [1.807, 2.05) is 13.8 Å². The summed E-state index contributed by atoms with van der Waals surface area (Å²) in [5, 5.41) is 2.72. The molecule has 1 amide bonds. The molecule has 0 aromatic carbocycles. The van der Waals surface area contributed by atoms with E-state index >= 15 is 0 Å². The van der Waals surface area contributed by atoms with Gasteiger partial charge in [-0.3, -0.25) is 4.79 Å². The third-order valence-corrected chi connectivity index (χ3v) is 2.61. The fraction of sp³-hybridized carbons (Fsp3) is 0.800. The summed E-state index contributed by atoms with van der Waals surface area (Å²) in [6.45, 7) is 4.37. The molecule has 1 heterocycles. The number of carbonyl (C=O) groups excluding carboxylic acids is 2. The van der Waals surface area contributed by atoms with Crippen LogP contribution in [0.4, 0.5) is 0 Å². The summed E-state index contributed by atoms with van der Waals surface area (Å²) in [6, 6.07) is -0.414. The van der Waals surface area contributed by atoms with Gasteiger partial charge in [-0.05, 0) is 12.8 Å². The fourth-order valence-corrected chi connectivity index (χ4v) is 1.58. The topological polar surface area (TPSA) is 55.4 Å². The smallest absolute Gasteiger partial charge is 0.328 e. The highest BCUT2D eigenvalue weighted by Gasteiger charge is 2.29. The average Bonchev–Trinajstić information content (AvgIpc) is 2.54. The molecule has 0 radical (unpaired) electrons. The summed E-state index contributed by atoms with van der Waals surface area (Å²) >= 11 is 0. The van der Waals surface area contributed by atoms with E-state index in [0.29, 0.717) is 13.0 Å². The molecular formula is C10H17NO3. The number of amides is 1. The van der Waals surface area contributed by atoms with Crippen molar-refractivity contribution in [2.24, 2.45) is 5.92 Å². The molecule has 1 rings (SSSR count). The number of esters is 1. The van der Waals surface area contributed by atoms with Crippen LogP contribution in [0.15, 0.2) is 0 Å². The zero-order valence-corrected chi connectivity index (χ0v) is 8.71. The standard InChI is InChI=1S/C10H17NO3/c1-3-7(4-2)9(12)11-8-5-6-14-10(8)13/h7-8H,3-6H2,1-2H3,(H,11,12). The van der Waals surface area contributed by atoms with Crippen molar-refractivity contribution in [1.29, 1.82) is 0 Å². The maximum atomic E-state index is 11.6. The molecule has 4 nitrogen and oxygen atoms in total. The third-order valence-electron chi connectivity index (χ3n) is 2.61. The fourth-order valence-electron chi connectivity index (χ4n) is 1.58. The molecular weight excluding hydrogens is 182 g/mol. The molecule has 1 unspecified atom stereocenters. The lowest BCUT2D eigenvalue weighted by Gasteiger charge is -2.14. The molecule has 0 aromatic rings. The Morgan fingerprint density at radius 3 is 2.64 bits per heavy atom. The zero-order chi connectivity index (χ0) is 10.6. The van der Waals surface area contributed by atoms with E-state index in [2.05, 4.69) is 5.32 Å². The van der Waals surface area contributed by atoms with E-state index in [1.54, 1.807) is 0 Å². The predicted octanol–water partition coefficient (Wildman–Crippen LogP) is 0.854. The lowest BCUT2D eigenvalue weighted by Crippen LogP contribution is -2.41. The van der Waals surface area contributed by atoms with Gasteiger partial charge in [0.1, 0.15) is 6.04 Å². The Bertz CT molecular complexity index is 223. The van der Waals surface area contributed by atoms with Crippen molar-refractivity contribution in [2.75, 3.05) is 6.61 Å². The van der Waals surface area contributed by atoms with Gasteiger partial charge in [0, 0.05) is 12.3 Å². The SMILES string of the molecule is CCC(CC)C(=O)NC1CCOC1=O. The van der Waals surface area contributed by atoms with Crippen LogP contribution in [-0.4, -0.2) is 24.5 Å².